The Kier molecular flexibility index (Phi) is 36.4. The van der Waals surface area contributed by atoms with Crippen molar-refractivity contribution in [3.05, 3.63) is 0 Å². The van der Waals surface area contributed by atoms with Crippen molar-refractivity contribution in [3.8, 4) is 0 Å². The molecule has 0 saturated carbocycles. The van der Waals surface area contributed by atoms with Crippen LogP contribution in [0.15, 0.2) is 0 Å². The Morgan fingerprint density at radius 3 is 0.575 bits per heavy atom. The first kappa shape index (κ1) is 39.7. The average Bonchev–Trinajstić information content (AvgIpc) is 2.96. The summed E-state index contributed by atoms with van der Waals surface area (Å²) < 4.78 is 0. The summed E-state index contributed by atoms with van der Waals surface area (Å²) in [4.78, 5) is 12.1. The van der Waals surface area contributed by atoms with E-state index in [0.29, 0.717) is 5.78 Å². The second-order valence-electron chi connectivity index (χ2n) is 13.4. The third-order valence-electron chi connectivity index (χ3n) is 9.12. The minimum absolute atomic E-state index is 0.528. The molecular weight excluding hydrogens is 484 g/mol. The standard InChI is InChI=1S/C39H78O/c1-3-5-7-9-11-13-15-17-18-19-20-21-22-23-24-25-26-28-30-32-34-36-38-39(40)37-35-33-31-29-27-16-14-12-10-8-6-4-2/h3-38H2,1-2H3. The molecule has 0 fully saturated rings. The van der Waals surface area contributed by atoms with Crippen LogP contribution in [0.4, 0.5) is 0 Å². The van der Waals surface area contributed by atoms with E-state index in [1.807, 2.05) is 0 Å². The molecule has 0 saturated heterocycles. The van der Waals surface area contributed by atoms with Crippen LogP contribution in [0.3, 0.4) is 0 Å². The lowest BCUT2D eigenvalue weighted by Crippen LogP contribution is -1.97. The first-order valence-electron chi connectivity index (χ1n) is 19.3. The van der Waals surface area contributed by atoms with E-state index in [9.17, 15) is 4.79 Å². The summed E-state index contributed by atoms with van der Waals surface area (Å²) >= 11 is 0. The predicted molar refractivity (Wildman–Crippen MR) is 183 cm³/mol. The molecule has 0 unspecified atom stereocenters. The van der Waals surface area contributed by atoms with E-state index in [4.69, 9.17) is 0 Å². The van der Waals surface area contributed by atoms with Crippen LogP contribution in [-0.4, -0.2) is 5.78 Å². The van der Waals surface area contributed by atoms with Crippen LogP contribution in [0.5, 0.6) is 0 Å². The SMILES string of the molecule is CCCCCCCCCCCCCCCCCCCCCCCCC(=O)CCCCCCCCCCCCCC. The lowest BCUT2D eigenvalue weighted by molar-refractivity contribution is -0.119. The molecular formula is C39H78O. The van der Waals surface area contributed by atoms with Crippen molar-refractivity contribution in [2.45, 2.75) is 245 Å². The first-order valence-corrected chi connectivity index (χ1v) is 19.3. The molecule has 0 aromatic carbocycles. The zero-order chi connectivity index (χ0) is 29.0. The monoisotopic (exact) mass is 563 g/mol. The van der Waals surface area contributed by atoms with Gasteiger partial charge in [-0.05, 0) is 12.8 Å². The van der Waals surface area contributed by atoms with Crippen molar-refractivity contribution < 1.29 is 4.79 Å². The van der Waals surface area contributed by atoms with E-state index >= 15 is 0 Å². The molecule has 0 heterocycles. The van der Waals surface area contributed by atoms with Gasteiger partial charge in [-0.3, -0.25) is 4.79 Å². The van der Waals surface area contributed by atoms with Gasteiger partial charge in [-0.25, -0.2) is 0 Å². The van der Waals surface area contributed by atoms with Gasteiger partial charge in [0.25, 0.3) is 0 Å². The molecule has 0 aromatic rings. The Bertz CT molecular complexity index is 456. The van der Waals surface area contributed by atoms with Gasteiger partial charge in [-0.15, -0.1) is 0 Å². The Balaban J connectivity index is 3.13. The summed E-state index contributed by atoms with van der Waals surface area (Å²) in [5.74, 6) is 0.528. The first-order chi connectivity index (χ1) is 19.8. The minimum atomic E-state index is 0.528. The normalized spacial score (nSPS) is 11.4. The fourth-order valence-corrected chi connectivity index (χ4v) is 6.22. The van der Waals surface area contributed by atoms with E-state index in [1.165, 1.54) is 205 Å². The van der Waals surface area contributed by atoms with Crippen LogP contribution in [0, 0.1) is 0 Å². The van der Waals surface area contributed by atoms with Gasteiger partial charge < -0.3 is 0 Å². The second-order valence-corrected chi connectivity index (χ2v) is 13.4. The predicted octanol–water partition coefficient (Wildman–Crippen LogP) is 14.6. The zero-order valence-electron chi connectivity index (χ0n) is 28.4. The summed E-state index contributed by atoms with van der Waals surface area (Å²) in [7, 11) is 0. The van der Waals surface area contributed by atoms with Crippen LogP contribution in [0.2, 0.25) is 0 Å². The quantitative estimate of drug-likeness (QED) is 0.0694. The molecule has 0 rings (SSSR count). The van der Waals surface area contributed by atoms with E-state index in [0.717, 1.165) is 25.7 Å². The van der Waals surface area contributed by atoms with Gasteiger partial charge in [-0.1, -0.05) is 219 Å². The average molecular weight is 563 g/mol. The maximum absolute atomic E-state index is 12.1. The topological polar surface area (TPSA) is 17.1 Å². The van der Waals surface area contributed by atoms with Gasteiger partial charge in [0.15, 0.2) is 0 Å². The fourth-order valence-electron chi connectivity index (χ4n) is 6.22. The highest BCUT2D eigenvalue weighted by molar-refractivity contribution is 5.78. The zero-order valence-corrected chi connectivity index (χ0v) is 28.4. The van der Waals surface area contributed by atoms with Gasteiger partial charge in [0.1, 0.15) is 5.78 Å². The number of rotatable bonds is 36. The summed E-state index contributed by atoms with van der Waals surface area (Å²) in [6.07, 6.45) is 49.4. The molecule has 0 spiro atoms. The number of hydrogen-bond acceptors (Lipinski definition) is 1. The van der Waals surface area contributed by atoms with E-state index < -0.39 is 0 Å². The van der Waals surface area contributed by atoms with Crippen LogP contribution < -0.4 is 0 Å². The molecule has 1 heteroatoms. The molecule has 1 nitrogen and oxygen atoms in total. The van der Waals surface area contributed by atoms with Crippen molar-refractivity contribution in [3.63, 3.8) is 0 Å². The van der Waals surface area contributed by atoms with Crippen molar-refractivity contribution in [2.24, 2.45) is 0 Å². The maximum Gasteiger partial charge on any atom is 0.132 e. The van der Waals surface area contributed by atoms with Crippen molar-refractivity contribution in [1.29, 1.82) is 0 Å². The van der Waals surface area contributed by atoms with Crippen LogP contribution in [0.1, 0.15) is 245 Å². The fraction of sp³-hybridized carbons (Fsp3) is 0.974. The van der Waals surface area contributed by atoms with Crippen LogP contribution >= 0.6 is 0 Å². The van der Waals surface area contributed by atoms with Crippen LogP contribution in [0.25, 0.3) is 0 Å². The Hall–Kier alpha value is -0.330. The van der Waals surface area contributed by atoms with E-state index in [1.54, 1.807) is 0 Å². The Morgan fingerprint density at radius 1 is 0.250 bits per heavy atom. The third-order valence-corrected chi connectivity index (χ3v) is 9.12. The van der Waals surface area contributed by atoms with Gasteiger partial charge >= 0.3 is 0 Å². The molecule has 40 heavy (non-hydrogen) atoms. The second kappa shape index (κ2) is 36.7. The number of Topliss-reactive ketones (excluding diaryl/α,β-unsaturated/α-hetero) is 1. The highest BCUT2D eigenvalue weighted by atomic mass is 16.1. The van der Waals surface area contributed by atoms with E-state index in [2.05, 4.69) is 13.8 Å². The Labute approximate surface area is 255 Å². The number of unbranched alkanes of at least 4 members (excludes halogenated alkanes) is 32. The third kappa shape index (κ3) is 35.7. The lowest BCUT2D eigenvalue weighted by Gasteiger charge is -2.05. The summed E-state index contributed by atoms with van der Waals surface area (Å²) in [6.45, 7) is 4.59. The minimum Gasteiger partial charge on any atom is -0.300 e. The van der Waals surface area contributed by atoms with Gasteiger partial charge in [0.05, 0.1) is 0 Å². The smallest absolute Gasteiger partial charge is 0.132 e. The van der Waals surface area contributed by atoms with Gasteiger partial charge in [0.2, 0.25) is 0 Å². The molecule has 0 bridgehead atoms. The molecule has 0 N–H and O–H groups in total. The molecule has 0 radical (unpaired) electrons. The summed E-state index contributed by atoms with van der Waals surface area (Å²) in [6, 6.07) is 0. The number of carbonyl (C=O) groups excluding carboxylic acids is 1. The van der Waals surface area contributed by atoms with Crippen LogP contribution in [-0.2, 0) is 4.79 Å². The summed E-state index contributed by atoms with van der Waals surface area (Å²) in [5.41, 5.74) is 0. The Morgan fingerprint density at radius 2 is 0.400 bits per heavy atom. The largest absolute Gasteiger partial charge is 0.300 e. The summed E-state index contributed by atoms with van der Waals surface area (Å²) in [5, 5.41) is 0. The number of ketones is 1. The van der Waals surface area contributed by atoms with Gasteiger partial charge in [0, 0.05) is 12.8 Å². The lowest BCUT2D eigenvalue weighted by atomic mass is 10.0. The van der Waals surface area contributed by atoms with Gasteiger partial charge in [-0.2, -0.15) is 0 Å². The van der Waals surface area contributed by atoms with Crippen molar-refractivity contribution >= 4 is 5.78 Å². The molecule has 0 aromatic heterocycles. The van der Waals surface area contributed by atoms with Crippen molar-refractivity contribution in [2.75, 3.05) is 0 Å². The highest BCUT2D eigenvalue weighted by Gasteiger charge is 2.02. The molecule has 0 aliphatic carbocycles. The molecule has 0 atom stereocenters. The molecule has 0 amide bonds. The molecule has 240 valence electrons. The van der Waals surface area contributed by atoms with E-state index in [-0.39, 0.29) is 0 Å². The maximum atomic E-state index is 12.1. The number of hydrogen-bond donors (Lipinski definition) is 0. The number of carbonyl (C=O) groups is 1. The highest BCUT2D eigenvalue weighted by Crippen LogP contribution is 2.16. The molecule has 0 aliphatic heterocycles. The van der Waals surface area contributed by atoms with Crippen molar-refractivity contribution in [1.82, 2.24) is 0 Å². The molecule has 0 aliphatic rings.